The van der Waals surface area contributed by atoms with Crippen LogP contribution in [0.4, 0.5) is 15.7 Å². The summed E-state index contributed by atoms with van der Waals surface area (Å²) in [5, 5.41) is 10.1. The lowest BCUT2D eigenvalue weighted by Crippen LogP contribution is -2.14. The molecule has 0 aliphatic rings. The van der Waals surface area contributed by atoms with Gasteiger partial charge in [-0.1, -0.05) is 44.9 Å². The van der Waals surface area contributed by atoms with Crippen LogP contribution in [-0.2, 0) is 0 Å². The molecular formula is C19H25N3O2S. The van der Waals surface area contributed by atoms with Crippen LogP contribution >= 0.6 is 11.3 Å². The van der Waals surface area contributed by atoms with Crippen molar-refractivity contribution in [3.8, 4) is 0 Å². The van der Waals surface area contributed by atoms with E-state index in [4.69, 9.17) is 0 Å². The van der Waals surface area contributed by atoms with Crippen LogP contribution < -0.4 is 10.6 Å². The molecule has 0 atom stereocenters. The minimum absolute atomic E-state index is 0.166. The zero-order valence-electron chi connectivity index (χ0n) is 15.0. The van der Waals surface area contributed by atoms with Gasteiger partial charge in [-0.15, -0.1) is 4.91 Å². The van der Waals surface area contributed by atoms with E-state index in [1.165, 1.54) is 24.2 Å². The fourth-order valence-electron chi connectivity index (χ4n) is 2.59. The van der Waals surface area contributed by atoms with E-state index in [1.807, 2.05) is 12.1 Å². The molecule has 0 fully saturated rings. The highest BCUT2D eigenvalue weighted by Gasteiger charge is 2.15. The van der Waals surface area contributed by atoms with Crippen molar-refractivity contribution < 1.29 is 4.79 Å². The number of unbranched alkanes of at least 4 members (excludes halogenated alkanes) is 2. The van der Waals surface area contributed by atoms with Crippen molar-refractivity contribution in [2.45, 2.75) is 46.0 Å². The number of hydrogen-bond donors (Lipinski definition) is 2. The normalized spacial score (nSPS) is 10.7. The van der Waals surface area contributed by atoms with Crippen LogP contribution in [-0.4, -0.2) is 12.5 Å². The highest BCUT2D eigenvalue weighted by molar-refractivity contribution is 7.19. The van der Waals surface area contributed by atoms with Crippen molar-refractivity contribution in [2.75, 3.05) is 17.2 Å². The molecule has 0 saturated carbocycles. The van der Waals surface area contributed by atoms with E-state index in [9.17, 15) is 9.70 Å². The third kappa shape index (κ3) is 5.39. The number of carbonyl (C=O) groups excluding carboxylic acids is 1. The smallest absolute Gasteiger partial charge is 0.256 e. The molecule has 1 aromatic heterocycles. The van der Waals surface area contributed by atoms with Crippen molar-refractivity contribution in [3.63, 3.8) is 0 Å². The van der Waals surface area contributed by atoms with Gasteiger partial charge < -0.3 is 10.6 Å². The molecule has 0 aliphatic carbocycles. The Morgan fingerprint density at radius 1 is 1.20 bits per heavy atom. The molecule has 134 valence electrons. The van der Waals surface area contributed by atoms with Crippen molar-refractivity contribution in [3.05, 3.63) is 46.4 Å². The third-order valence-electron chi connectivity index (χ3n) is 3.95. The Morgan fingerprint density at radius 2 is 2.00 bits per heavy atom. The van der Waals surface area contributed by atoms with Crippen molar-refractivity contribution in [1.82, 2.24) is 0 Å². The summed E-state index contributed by atoms with van der Waals surface area (Å²) in [6.07, 6.45) is 3.55. The highest BCUT2D eigenvalue weighted by atomic mass is 32.1. The molecule has 25 heavy (non-hydrogen) atoms. The van der Waals surface area contributed by atoms with Gasteiger partial charge in [0, 0.05) is 17.8 Å². The predicted molar refractivity (Wildman–Crippen MR) is 106 cm³/mol. The number of anilines is 2. The van der Waals surface area contributed by atoms with Crippen molar-refractivity contribution in [2.24, 2.45) is 5.18 Å². The molecule has 2 N–H and O–H groups in total. The Bertz CT molecular complexity index is 725. The van der Waals surface area contributed by atoms with Gasteiger partial charge in [-0.2, -0.15) is 0 Å². The van der Waals surface area contributed by atoms with E-state index in [0.29, 0.717) is 15.6 Å². The number of nitroso groups, excluding NO2 is 1. The monoisotopic (exact) mass is 359 g/mol. The van der Waals surface area contributed by atoms with Crippen LogP contribution in [0.25, 0.3) is 0 Å². The second-order valence-corrected chi connectivity index (χ2v) is 7.34. The van der Waals surface area contributed by atoms with Crippen LogP contribution in [0.2, 0.25) is 0 Å². The molecule has 2 aromatic rings. The molecule has 5 nitrogen and oxygen atoms in total. The maximum Gasteiger partial charge on any atom is 0.256 e. The molecule has 0 radical (unpaired) electrons. The summed E-state index contributed by atoms with van der Waals surface area (Å²) in [6, 6.07) is 9.15. The van der Waals surface area contributed by atoms with Crippen LogP contribution in [0.3, 0.4) is 0 Å². The third-order valence-corrected chi connectivity index (χ3v) is 4.82. The molecular weight excluding hydrogens is 334 g/mol. The van der Waals surface area contributed by atoms with Crippen molar-refractivity contribution in [1.29, 1.82) is 0 Å². The maximum absolute atomic E-state index is 12.6. The molecule has 0 bridgehead atoms. The summed E-state index contributed by atoms with van der Waals surface area (Å²) >= 11 is 1.17. The molecule has 1 aromatic carbocycles. The van der Waals surface area contributed by atoms with Gasteiger partial charge in [-0.3, -0.25) is 4.79 Å². The lowest BCUT2D eigenvalue weighted by atomic mass is 9.96. The standard InChI is InChI=1S/C19H25N3O2S/c1-4-5-6-11-20-14-7-8-15(16(12-14)13(2)3)19(23)21-17-9-10-18(22-24)25-17/h7-10,12-13,20H,4-6,11H2,1-3H3,(H,21,23). The Balaban J connectivity index is 2.12. The first-order valence-corrected chi connectivity index (χ1v) is 9.49. The summed E-state index contributed by atoms with van der Waals surface area (Å²) in [4.78, 5) is 23.1. The van der Waals surface area contributed by atoms with Gasteiger partial charge in [0.1, 0.15) is 0 Å². The fourth-order valence-corrected chi connectivity index (χ4v) is 3.27. The minimum atomic E-state index is -0.166. The van der Waals surface area contributed by atoms with Gasteiger partial charge in [0.25, 0.3) is 5.91 Å². The van der Waals surface area contributed by atoms with E-state index < -0.39 is 0 Å². The summed E-state index contributed by atoms with van der Waals surface area (Å²) < 4.78 is 0. The van der Waals surface area contributed by atoms with Gasteiger partial charge in [0.2, 0.25) is 0 Å². The minimum Gasteiger partial charge on any atom is -0.385 e. The van der Waals surface area contributed by atoms with E-state index in [0.717, 1.165) is 24.2 Å². The molecule has 0 saturated heterocycles. The zero-order chi connectivity index (χ0) is 18.2. The fraction of sp³-hybridized carbons (Fsp3) is 0.421. The largest absolute Gasteiger partial charge is 0.385 e. The van der Waals surface area contributed by atoms with Gasteiger partial charge >= 0.3 is 0 Å². The molecule has 0 spiro atoms. The molecule has 0 aliphatic heterocycles. The average molecular weight is 359 g/mol. The summed E-state index contributed by atoms with van der Waals surface area (Å²) in [5.41, 5.74) is 2.70. The van der Waals surface area contributed by atoms with E-state index in [1.54, 1.807) is 12.1 Å². The SMILES string of the molecule is CCCCCNc1ccc(C(=O)Nc2ccc(N=O)s2)c(C(C)C)c1. The summed E-state index contributed by atoms with van der Waals surface area (Å²) in [5.74, 6) is 0.0641. The Hall–Kier alpha value is -2.21. The number of amides is 1. The first-order chi connectivity index (χ1) is 12.0. The second-order valence-electron chi connectivity index (χ2n) is 6.27. The zero-order valence-corrected chi connectivity index (χ0v) is 15.8. The molecule has 0 unspecified atom stereocenters. The average Bonchev–Trinajstić information content (AvgIpc) is 3.06. The van der Waals surface area contributed by atoms with Crippen LogP contribution in [0.1, 0.15) is 61.9 Å². The number of hydrogen-bond acceptors (Lipinski definition) is 5. The van der Waals surface area contributed by atoms with Crippen LogP contribution in [0.5, 0.6) is 0 Å². The first-order valence-electron chi connectivity index (χ1n) is 8.67. The van der Waals surface area contributed by atoms with Gasteiger partial charge in [-0.05, 0) is 53.4 Å². The van der Waals surface area contributed by atoms with E-state index in [-0.39, 0.29) is 11.8 Å². The highest BCUT2D eigenvalue weighted by Crippen LogP contribution is 2.30. The number of thiophene rings is 1. The lowest BCUT2D eigenvalue weighted by molar-refractivity contribution is 0.102. The van der Waals surface area contributed by atoms with Crippen LogP contribution in [0.15, 0.2) is 35.5 Å². The lowest BCUT2D eigenvalue weighted by Gasteiger charge is -2.15. The second kappa shape index (κ2) is 9.32. The van der Waals surface area contributed by atoms with E-state index >= 15 is 0 Å². The molecule has 6 heteroatoms. The Morgan fingerprint density at radius 3 is 2.64 bits per heavy atom. The van der Waals surface area contributed by atoms with Crippen molar-refractivity contribution >= 4 is 32.9 Å². The van der Waals surface area contributed by atoms with Gasteiger partial charge in [0.05, 0.1) is 5.00 Å². The number of benzene rings is 1. The van der Waals surface area contributed by atoms with E-state index in [2.05, 4.69) is 42.6 Å². The maximum atomic E-state index is 12.6. The quantitative estimate of drug-likeness (QED) is 0.418. The number of nitrogens with one attached hydrogen (secondary N) is 2. The Labute approximate surface area is 152 Å². The number of nitrogens with zero attached hydrogens (tertiary/aromatic N) is 1. The van der Waals surface area contributed by atoms with Gasteiger partial charge in [-0.25, -0.2) is 0 Å². The summed E-state index contributed by atoms with van der Waals surface area (Å²) in [6.45, 7) is 7.28. The molecule has 1 heterocycles. The van der Waals surface area contributed by atoms with Crippen LogP contribution in [0, 0.1) is 4.91 Å². The number of rotatable bonds is 9. The Kier molecular flexibility index (Phi) is 7.13. The summed E-state index contributed by atoms with van der Waals surface area (Å²) in [7, 11) is 0. The van der Waals surface area contributed by atoms with Gasteiger partial charge in [0.15, 0.2) is 5.00 Å². The first kappa shape index (κ1) is 19.1. The topological polar surface area (TPSA) is 70.6 Å². The molecule has 1 amide bonds. The molecule has 2 rings (SSSR count). The predicted octanol–water partition coefficient (Wildman–Crippen LogP) is 6.12. The number of carbonyl (C=O) groups is 1.